The fraction of sp³-hybridized carbons (Fsp3) is 0.0204. The zero-order valence-corrected chi connectivity index (χ0v) is 28.9. The molecule has 2 aliphatic carbocycles. The van der Waals surface area contributed by atoms with E-state index in [1.165, 1.54) is 65.0 Å². The maximum Gasteiger partial charge on any atom is 0.160 e. The summed E-state index contributed by atoms with van der Waals surface area (Å²) >= 11 is 1.93. The van der Waals surface area contributed by atoms with Crippen LogP contribution in [0.2, 0.25) is 0 Å². The van der Waals surface area contributed by atoms with Gasteiger partial charge in [0.2, 0.25) is 0 Å². The summed E-state index contributed by atoms with van der Waals surface area (Å²) in [6, 6.07) is 65.7. The Kier molecular flexibility index (Phi) is 6.37. The second-order valence-corrected chi connectivity index (χ2v) is 14.7. The van der Waals surface area contributed by atoms with E-state index in [0.29, 0.717) is 0 Å². The molecule has 0 N–H and O–H groups in total. The number of hydrogen-bond acceptors (Lipinski definition) is 3. The first kappa shape index (κ1) is 29.3. The molecule has 0 radical (unpaired) electrons. The minimum absolute atomic E-state index is 0.350. The lowest BCUT2D eigenvalue weighted by Crippen LogP contribution is -2.25. The molecule has 2 heterocycles. The third kappa shape index (κ3) is 4.17. The summed E-state index contributed by atoms with van der Waals surface area (Å²) in [5.74, 6) is 0.719. The summed E-state index contributed by atoms with van der Waals surface area (Å²) < 4.78 is 1.33. The van der Waals surface area contributed by atoms with Crippen LogP contribution in [0.15, 0.2) is 182 Å². The summed E-state index contributed by atoms with van der Waals surface area (Å²) in [5.41, 5.74) is 16.5. The Balaban J connectivity index is 1.06. The van der Waals surface area contributed by atoms with E-state index in [-0.39, 0.29) is 5.41 Å². The van der Waals surface area contributed by atoms with Crippen LogP contribution in [-0.4, -0.2) is 9.97 Å². The van der Waals surface area contributed by atoms with E-state index >= 15 is 0 Å². The summed E-state index contributed by atoms with van der Waals surface area (Å²) in [6.07, 6.45) is 0. The van der Waals surface area contributed by atoms with Gasteiger partial charge in [0.05, 0.1) is 16.8 Å². The van der Waals surface area contributed by atoms with Crippen molar-refractivity contribution in [3.8, 4) is 66.6 Å². The summed E-state index contributed by atoms with van der Waals surface area (Å²) in [7, 11) is 0. The highest BCUT2D eigenvalue weighted by Crippen LogP contribution is 2.66. The number of fused-ring (bicyclic) bond motifs is 12. The van der Waals surface area contributed by atoms with E-state index in [0.717, 1.165) is 33.9 Å². The number of rotatable bonds is 4. The van der Waals surface area contributed by atoms with Gasteiger partial charge in [-0.1, -0.05) is 164 Å². The molecular formula is C49H30N2S. The van der Waals surface area contributed by atoms with Crippen molar-refractivity contribution in [3.63, 3.8) is 0 Å². The minimum Gasteiger partial charge on any atom is -0.228 e. The van der Waals surface area contributed by atoms with Crippen molar-refractivity contribution in [2.24, 2.45) is 0 Å². The standard InChI is InChI=1S/C49H30N2S/c1-3-13-32(14-4-1)43-30-44(33-15-5-2-6-16-33)51-48(50-43)34-25-23-31(24-26-34)35-27-28-42-39(29-35)47-46(38-19-9-12-22-45(38)52-47)49(42)40-20-10-7-17-36(40)37-18-8-11-21-41(37)49/h1-30H. The number of thiophene rings is 1. The molecule has 0 saturated carbocycles. The Labute approximate surface area is 306 Å². The molecule has 0 unspecified atom stereocenters. The van der Waals surface area contributed by atoms with E-state index in [2.05, 4.69) is 170 Å². The lowest BCUT2D eigenvalue weighted by molar-refractivity contribution is 0.803. The van der Waals surface area contributed by atoms with E-state index in [1.807, 2.05) is 23.5 Å². The molecule has 0 fully saturated rings. The molecular weight excluding hydrogens is 649 g/mol. The molecule has 0 atom stereocenters. The van der Waals surface area contributed by atoms with Crippen molar-refractivity contribution in [3.05, 3.63) is 204 Å². The molecule has 0 amide bonds. The second-order valence-electron chi connectivity index (χ2n) is 13.7. The third-order valence-electron chi connectivity index (χ3n) is 10.9. The Hall–Kier alpha value is -6.42. The topological polar surface area (TPSA) is 25.8 Å². The molecule has 0 saturated heterocycles. The van der Waals surface area contributed by atoms with Gasteiger partial charge in [0.25, 0.3) is 0 Å². The van der Waals surface area contributed by atoms with Gasteiger partial charge in [-0.25, -0.2) is 9.97 Å². The van der Waals surface area contributed by atoms with Gasteiger partial charge in [0.1, 0.15) is 0 Å². The van der Waals surface area contributed by atoms with Crippen molar-refractivity contribution >= 4 is 21.4 Å². The fourth-order valence-corrected chi connectivity index (χ4v) is 9.97. The van der Waals surface area contributed by atoms with Crippen molar-refractivity contribution in [1.82, 2.24) is 9.97 Å². The van der Waals surface area contributed by atoms with Crippen molar-refractivity contribution in [1.29, 1.82) is 0 Å². The summed E-state index contributed by atoms with van der Waals surface area (Å²) in [6.45, 7) is 0. The van der Waals surface area contributed by atoms with Crippen molar-refractivity contribution in [2.45, 2.75) is 5.41 Å². The van der Waals surface area contributed by atoms with Gasteiger partial charge in [0, 0.05) is 26.3 Å². The van der Waals surface area contributed by atoms with Crippen molar-refractivity contribution in [2.75, 3.05) is 0 Å². The van der Waals surface area contributed by atoms with E-state index in [4.69, 9.17) is 9.97 Å². The molecule has 7 aromatic carbocycles. The van der Waals surface area contributed by atoms with Gasteiger partial charge >= 0.3 is 0 Å². The van der Waals surface area contributed by atoms with Gasteiger partial charge < -0.3 is 0 Å². The molecule has 2 aliphatic rings. The minimum atomic E-state index is -0.350. The van der Waals surface area contributed by atoms with Crippen LogP contribution in [0.4, 0.5) is 0 Å². The first-order valence-corrected chi connectivity index (χ1v) is 18.6. The average molecular weight is 679 g/mol. The van der Waals surface area contributed by atoms with Crippen LogP contribution >= 0.6 is 11.3 Å². The molecule has 1 spiro atoms. The number of benzene rings is 7. The van der Waals surface area contributed by atoms with Crippen LogP contribution in [0.3, 0.4) is 0 Å². The molecule has 0 bridgehead atoms. The van der Waals surface area contributed by atoms with Crippen molar-refractivity contribution < 1.29 is 0 Å². The first-order valence-electron chi connectivity index (χ1n) is 17.7. The highest BCUT2D eigenvalue weighted by atomic mass is 32.1. The van der Waals surface area contributed by atoms with Gasteiger partial charge in [-0.3, -0.25) is 0 Å². The van der Waals surface area contributed by atoms with Gasteiger partial charge in [0.15, 0.2) is 5.82 Å². The van der Waals surface area contributed by atoms with Crippen LogP contribution in [-0.2, 0) is 5.41 Å². The van der Waals surface area contributed by atoms with E-state index in [9.17, 15) is 0 Å². The largest absolute Gasteiger partial charge is 0.228 e. The van der Waals surface area contributed by atoms with Crippen LogP contribution in [0.25, 0.3) is 76.7 Å². The van der Waals surface area contributed by atoms with E-state index < -0.39 is 0 Å². The van der Waals surface area contributed by atoms with Gasteiger partial charge in [-0.15, -0.1) is 11.3 Å². The molecule has 2 nitrogen and oxygen atoms in total. The Bertz CT molecular complexity index is 2730. The maximum atomic E-state index is 5.06. The monoisotopic (exact) mass is 678 g/mol. The quantitative estimate of drug-likeness (QED) is 0.185. The van der Waals surface area contributed by atoms with E-state index in [1.54, 1.807) is 0 Å². The molecule has 242 valence electrons. The third-order valence-corrected chi connectivity index (χ3v) is 12.1. The lowest BCUT2D eigenvalue weighted by atomic mass is 9.70. The van der Waals surface area contributed by atoms with Gasteiger partial charge in [-0.05, 0) is 73.7 Å². The zero-order chi connectivity index (χ0) is 34.2. The SMILES string of the molecule is c1ccc(-c2cc(-c3ccccc3)nc(-c3ccc(-c4ccc5c(c4)-c4sc6ccccc6c4C54c5ccccc5-c5ccccc54)cc3)n2)cc1. The zero-order valence-electron chi connectivity index (χ0n) is 28.1. The van der Waals surface area contributed by atoms with Gasteiger partial charge in [-0.2, -0.15) is 0 Å². The second kappa shape index (κ2) is 11.3. The van der Waals surface area contributed by atoms with Crippen LogP contribution in [0.5, 0.6) is 0 Å². The Morgan fingerprint density at radius 2 is 0.904 bits per heavy atom. The predicted octanol–water partition coefficient (Wildman–Crippen LogP) is 12.7. The normalized spacial score (nSPS) is 13.2. The number of aromatic nitrogens is 2. The number of hydrogen-bond donors (Lipinski definition) is 0. The Morgan fingerprint density at radius 3 is 1.56 bits per heavy atom. The first-order chi connectivity index (χ1) is 25.8. The summed E-state index contributed by atoms with van der Waals surface area (Å²) in [5, 5.41) is 1.35. The van der Waals surface area contributed by atoms with Crippen LogP contribution < -0.4 is 0 Å². The highest BCUT2D eigenvalue weighted by Gasteiger charge is 2.53. The highest BCUT2D eigenvalue weighted by molar-refractivity contribution is 7.22. The molecule has 9 aromatic rings. The lowest BCUT2D eigenvalue weighted by Gasteiger charge is -2.30. The molecule has 11 rings (SSSR count). The molecule has 3 heteroatoms. The Morgan fingerprint density at radius 1 is 0.385 bits per heavy atom. The predicted molar refractivity (Wildman–Crippen MR) is 215 cm³/mol. The fourth-order valence-electron chi connectivity index (χ4n) is 8.68. The summed E-state index contributed by atoms with van der Waals surface area (Å²) in [4.78, 5) is 11.5. The maximum absolute atomic E-state index is 5.06. The molecule has 2 aromatic heterocycles. The van der Waals surface area contributed by atoms with Crippen LogP contribution in [0, 0.1) is 0 Å². The van der Waals surface area contributed by atoms with Crippen LogP contribution in [0.1, 0.15) is 22.3 Å². The molecule has 0 aliphatic heterocycles. The molecule has 52 heavy (non-hydrogen) atoms. The smallest absolute Gasteiger partial charge is 0.160 e. The number of nitrogens with zero attached hydrogens (tertiary/aromatic N) is 2. The average Bonchev–Trinajstić information content (AvgIpc) is 3.85.